The smallest absolute Gasteiger partial charge is 0.150 e. The third-order valence-corrected chi connectivity index (χ3v) is 21.3. The Bertz CT molecular complexity index is 916. The van der Waals surface area contributed by atoms with Crippen molar-refractivity contribution in [2.45, 2.75) is 321 Å². The Morgan fingerprint density at radius 3 is 0.688 bits per heavy atom. The molecule has 0 aromatic rings. The SMILES string of the molecule is C1CCCC1.C1CCCCC1.C1CCCCCC1.C1CCCCCC1.C1CCCOCC1.C1CCCOCC1.C1CCCSCC1.C1CCCSCC1.C1COCCOC1.O=S1(=O)CCCCCC1.O=S1CCCCCC1. The first-order valence-corrected chi connectivity index (χ1v) is 39.7. The Labute approximate surface area is 492 Å². The largest absolute Gasteiger partial charge is 0.381 e. The molecule has 7 aliphatic heterocycles. The molecule has 7 heterocycles. The molecule has 11 heteroatoms. The molecule has 0 amide bonds. The maximum atomic E-state index is 10.9. The fourth-order valence-electron chi connectivity index (χ4n) is 10.5. The average molecular weight is 1170 g/mol. The molecule has 77 heavy (non-hydrogen) atoms. The van der Waals surface area contributed by atoms with Crippen LogP contribution in [0.4, 0.5) is 0 Å². The highest BCUT2D eigenvalue weighted by Crippen LogP contribution is 2.19. The van der Waals surface area contributed by atoms with E-state index in [2.05, 4.69) is 23.5 Å². The van der Waals surface area contributed by atoms with E-state index in [-0.39, 0.29) is 0 Å². The minimum absolute atomic E-state index is 0.424. The fourth-order valence-corrected chi connectivity index (χ4v) is 15.3. The summed E-state index contributed by atoms with van der Waals surface area (Å²) in [7, 11) is -3.08. The molecule has 7 saturated heterocycles. The summed E-state index contributed by atoms with van der Waals surface area (Å²) in [5, 5.41) is 0. The van der Waals surface area contributed by atoms with Crippen LogP contribution < -0.4 is 0 Å². The predicted molar refractivity (Wildman–Crippen MR) is 345 cm³/mol. The van der Waals surface area contributed by atoms with Crippen LogP contribution in [0.2, 0.25) is 0 Å². The van der Waals surface area contributed by atoms with Crippen molar-refractivity contribution in [3.8, 4) is 0 Å². The third-order valence-electron chi connectivity index (χ3n) is 15.7. The van der Waals surface area contributed by atoms with E-state index in [4.69, 9.17) is 18.9 Å². The van der Waals surface area contributed by atoms with Gasteiger partial charge in [0.25, 0.3) is 0 Å². The maximum Gasteiger partial charge on any atom is 0.150 e. The van der Waals surface area contributed by atoms with Crippen molar-refractivity contribution < 1.29 is 31.6 Å². The quantitative estimate of drug-likeness (QED) is 0.220. The molecule has 0 bridgehead atoms. The summed E-state index contributed by atoms with van der Waals surface area (Å²) in [6.07, 6.45) is 69.9. The van der Waals surface area contributed by atoms with E-state index in [1.807, 2.05) is 0 Å². The van der Waals surface area contributed by atoms with Gasteiger partial charge in [-0.2, -0.15) is 23.5 Å². The highest BCUT2D eigenvalue weighted by atomic mass is 32.2. The van der Waals surface area contributed by atoms with E-state index in [0.29, 0.717) is 11.5 Å². The van der Waals surface area contributed by atoms with Crippen molar-refractivity contribution in [3.05, 3.63) is 0 Å². The fraction of sp³-hybridized carbons (Fsp3) is 1.00. The van der Waals surface area contributed by atoms with Crippen LogP contribution in [0.3, 0.4) is 0 Å². The molecule has 0 N–H and O–H groups in total. The van der Waals surface area contributed by atoms with Crippen molar-refractivity contribution in [1.29, 1.82) is 0 Å². The molecule has 4 aliphatic carbocycles. The topological polar surface area (TPSA) is 88.1 Å². The number of ether oxygens (including phenoxy) is 4. The lowest BCUT2D eigenvalue weighted by Gasteiger charge is -2.05. The first-order chi connectivity index (χ1) is 38.1. The number of thioether (sulfide) groups is 2. The minimum atomic E-state index is -2.62. The van der Waals surface area contributed by atoms with Gasteiger partial charge in [-0.25, -0.2) is 8.42 Å². The number of hydrogen-bond acceptors (Lipinski definition) is 9. The van der Waals surface area contributed by atoms with Crippen LogP contribution in [0, 0.1) is 0 Å². The lowest BCUT2D eigenvalue weighted by molar-refractivity contribution is 0.103. The molecular weight excluding hydrogens is 1030 g/mol. The van der Waals surface area contributed by atoms with Gasteiger partial charge in [0.1, 0.15) is 9.84 Å². The van der Waals surface area contributed by atoms with Crippen LogP contribution in [0.5, 0.6) is 0 Å². The normalized spacial score (nSPS) is 24.5. The van der Waals surface area contributed by atoms with Crippen molar-refractivity contribution in [1.82, 2.24) is 0 Å². The molecular formula is C66H132O7S4. The van der Waals surface area contributed by atoms with Crippen molar-refractivity contribution in [3.63, 3.8) is 0 Å². The molecule has 11 aliphatic rings. The number of hydrogen-bond donors (Lipinski definition) is 0. The van der Waals surface area contributed by atoms with Gasteiger partial charge in [-0.1, -0.05) is 238 Å². The van der Waals surface area contributed by atoms with E-state index in [1.54, 1.807) is 0 Å². The zero-order valence-corrected chi connectivity index (χ0v) is 54.4. The van der Waals surface area contributed by atoms with Crippen LogP contribution in [0.25, 0.3) is 0 Å². The summed E-state index contributed by atoms with van der Waals surface area (Å²) in [5.74, 6) is 8.43. The lowest BCUT2D eigenvalue weighted by Crippen LogP contribution is -2.07. The van der Waals surface area contributed by atoms with E-state index >= 15 is 0 Å². The number of rotatable bonds is 0. The van der Waals surface area contributed by atoms with Crippen LogP contribution in [0.15, 0.2) is 0 Å². The molecule has 0 aromatic carbocycles. The Kier molecular flexibility index (Phi) is 64.6. The van der Waals surface area contributed by atoms with Gasteiger partial charge >= 0.3 is 0 Å². The monoisotopic (exact) mass is 1160 g/mol. The molecule has 0 unspecified atom stereocenters. The van der Waals surface area contributed by atoms with Crippen LogP contribution in [0.1, 0.15) is 321 Å². The van der Waals surface area contributed by atoms with Gasteiger partial charge < -0.3 is 18.9 Å². The van der Waals surface area contributed by atoms with Gasteiger partial charge in [-0.15, -0.1) is 0 Å². The first kappa shape index (κ1) is 75.7. The lowest BCUT2D eigenvalue weighted by atomic mass is 10.0. The Morgan fingerprint density at radius 1 is 0.221 bits per heavy atom. The van der Waals surface area contributed by atoms with Gasteiger partial charge in [0.05, 0.1) is 24.7 Å². The van der Waals surface area contributed by atoms with Gasteiger partial charge in [-0.05, 0) is 106 Å². The second-order valence-electron chi connectivity index (χ2n) is 23.4. The molecule has 462 valence electrons. The van der Waals surface area contributed by atoms with Gasteiger partial charge in [-0.3, -0.25) is 4.21 Å². The summed E-state index contributed by atoms with van der Waals surface area (Å²) >= 11 is 4.23. The van der Waals surface area contributed by atoms with Gasteiger partial charge in [0.15, 0.2) is 0 Å². The van der Waals surface area contributed by atoms with Crippen molar-refractivity contribution >= 4 is 44.2 Å². The number of sulfone groups is 1. The summed E-state index contributed by atoms with van der Waals surface area (Å²) in [6, 6.07) is 0. The highest BCUT2D eigenvalue weighted by Gasteiger charge is 2.13. The van der Waals surface area contributed by atoms with Crippen molar-refractivity contribution in [2.24, 2.45) is 0 Å². The summed E-state index contributed by atoms with van der Waals surface area (Å²) in [4.78, 5) is 0. The molecule has 4 saturated carbocycles. The Balaban J connectivity index is 0.000000424. The summed E-state index contributed by atoms with van der Waals surface area (Å²) in [6.45, 7) is 7.31. The molecule has 0 atom stereocenters. The van der Waals surface area contributed by atoms with Crippen LogP contribution >= 0.6 is 23.5 Å². The molecule has 0 radical (unpaired) electrons. The standard InChI is InChI=1S/2C7H14.C6H12O2S.C6H12OS.2C6H12O.2C6H12S.C6H12.C5H10O2.C5H10/c2*1-2-4-6-7-5-3-1;7-9(8)5-3-1-2-4-6-9;7-8-5-3-1-2-4-6-8;4*1-2-4-6-7-5-3-1;1-2-4-6-5-3-1;1-2-6-4-5-7-3-1;1-2-4-5-3-1/h2*1-7H2;1-6H2;1-6H2;4*1-6H2;1-6H2;1-5H2;1-5H2. The second kappa shape index (κ2) is 65.8. The zero-order chi connectivity index (χ0) is 55.0. The Hall–Kier alpha value is 0.640. The molecule has 0 aromatic heterocycles. The van der Waals surface area contributed by atoms with E-state index in [1.165, 1.54) is 312 Å². The van der Waals surface area contributed by atoms with Crippen molar-refractivity contribution in [2.75, 3.05) is 98.9 Å². The second-order valence-corrected chi connectivity index (χ2v) is 29.8. The summed E-state index contributed by atoms with van der Waals surface area (Å²) < 4.78 is 53.1. The van der Waals surface area contributed by atoms with Crippen LogP contribution in [-0.2, 0) is 39.6 Å². The predicted octanol–water partition coefficient (Wildman–Crippen LogP) is 20.2. The van der Waals surface area contributed by atoms with E-state index in [0.717, 1.165) is 96.5 Å². The van der Waals surface area contributed by atoms with Gasteiger partial charge in [0, 0.05) is 61.9 Å². The van der Waals surface area contributed by atoms with E-state index in [9.17, 15) is 12.6 Å². The zero-order valence-electron chi connectivity index (χ0n) is 51.2. The molecule has 7 nitrogen and oxygen atoms in total. The average Bonchev–Trinajstić information content (AvgIpc) is 4.22. The minimum Gasteiger partial charge on any atom is -0.381 e. The molecule has 11 rings (SSSR count). The summed E-state index contributed by atoms with van der Waals surface area (Å²) in [5.41, 5.74) is 0. The maximum absolute atomic E-state index is 10.9. The first-order valence-electron chi connectivity index (χ1n) is 34.1. The molecule has 0 spiro atoms. The van der Waals surface area contributed by atoms with Crippen LogP contribution in [-0.4, -0.2) is 112 Å². The Morgan fingerprint density at radius 2 is 0.416 bits per heavy atom. The highest BCUT2D eigenvalue weighted by molar-refractivity contribution is 7.99. The van der Waals surface area contributed by atoms with Gasteiger partial charge in [0.2, 0.25) is 0 Å². The van der Waals surface area contributed by atoms with E-state index < -0.39 is 20.6 Å². The molecule has 11 fully saturated rings. The third kappa shape index (κ3) is 65.7.